The van der Waals surface area contributed by atoms with Crippen molar-refractivity contribution in [3.8, 4) is 17.2 Å². The molecule has 0 radical (unpaired) electrons. The average molecular weight is 383 g/mol. The largest absolute Gasteiger partial charge is 0.493 e. The van der Waals surface area contributed by atoms with Crippen LogP contribution in [0.2, 0.25) is 0 Å². The molecule has 0 saturated carbocycles. The fraction of sp³-hybridized carbons (Fsp3) is 0.500. The molecule has 9 nitrogen and oxygen atoms in total. The van der Waals surface area contributed by atoms with Crippen LogP contribution < -0.4 is 19.5 Å². The third-order valence-electron chi connectivity index (χ3n) is 3.75. The molecule has 1 aromatic rings. The third kappa shape index (κ3) is 6.69. The highest BCUT2D eigenvalue weighted by atomic mass is 16.5. The van der Waals surface area contributed by atoms with Crippen LogP contribution in [0, 0.1) is 0 Å². The van der Waals surface area contributed by atoms with Crippen LogP contribution in [0.1, 0.15) is 43.0 Å². The van der Waals surface area contributed by atoms with Crippen LogP contribution in [-0.2, 0) is 9.59 Å². The van der Waals surface area contributed by atoms with Gasteiger partial charge in [0.25, 0.3) is 5.91 Å². The summed E-state index contributed by atoms with van der Waals surface area (Å²) >= 11 is 0. The molecule has 0 heterocycles. The van der Waals surface area contributed by atoms with E-state index in [1.807, 2.05) is 0 Å². The Morgan fingerprint density at radius 2 is 1.67 bits per heavy atom. The molecule has 0 aromatic heterocycles. The Kier molecular flexibility index (Phi) is 8.91. The molecule has 3 N–H and O–H groups in total. The van der Waals surface area contributed by atoms with Crippen LogP contribution in [0.15, 0.2) is 12.1 Å². The first-order valence-corrected chi connectivity index (χ1v) is 8.48. The predicted molar refractivity (Wildman–Crippen MR) is 95.7 cm³/mol. The predicted octanol–water partition coefficient (Wildman–Crippen LogP) is 1.93. The molecule has 0 bridgehead atoms. The lowest BCUT2D eigenvalue weighted by Gasteiger charge is -2.17. The smallest absolute Gasteiger partial charge is 0.326 e. The minimum absolute atomic E-state index is 0.0480. The number of ether oxygens (including phenoxy) is 3. The van der Waals surface area contributed by atoms with E-state index < -0.39 is 23.9 Å². The number of carbonyl (C=O) groups is 3. The first-order chi connectivity index (χ1) is 12.8. The van der Waals surface area contributed by atoms with Crippen molar-refractivity contribution in [3.63, 3.8) is 0 Å². The van der Waals surface area contributed by atoms with Crippen LogP contribution in [0.3, 0.4) is 0 Å². The third-order valence-corrected chi connectivity index (χ3v) is 3.75. The molecular formula is C18H25NO8. The van der Waals surface area contributed by atoms with Gasteiger partial charge in [-0.05, 0) is 31.9 Å². The summed E-state index contributed by atoms with van der Waals surface area (Å²) in [6, 6.07) is 1.74. The van der Waals surface area contributed by atoms with Gasteiger partial charge in [0, 0.05) is 12.0 Å². The normalized spacial score (nSPS) is 11.4. The zero-order valence-electron chi connectivity index (χ0n) is 15.6. The topological polar surface area (TPSA) is 131 Å². The first kappa shape index (κ1) is 22.1. The Bertz CT molecular complexity index is 648. The summed E-state index contributed by atoms with van der Waals surface area (Å²) in [7, 11) is 2.84. The highest BCUT2D eigenvalue weighted by Gasteiger charge is 2.23. The molecule has 1 aromatic carbocycles. The monoisotopic (exact) mass is 383 g/mol. The van der Waals surface area contributed by atoms with Gasteiger partial charge in [0.15, 0.2) is 11.5 Å². The van der Waals surface area contributed by atoms with Crippen LogP contribution in [0.4, 0.5) is 0 Å². The van der Waals surface area contributed by atoms with Crippen molar-refractivity contribution in [2.24, 2.45) is 0 Å². The number of carbonyl (C=O) groups excluding carboxylic acids is 1. The molecule has 0 spiro atoms. The second-order valence-corrected chi connectivity index (χ2v) is 5.65. The summed E-state index contributed by atoms with van der Waals surface area (Å²) in [5.74, 6) is -1.82. The summed E-state index contributed by atoms with van der Waals surface area (Å²) in [4.78, 5) is 34.4. The van der Waals surface area contributed by atoms with E-state index in [4.69, 9.17) is 19.3 Å². The summed E-state index contributed by atoms with van der Waals surface area (Å²) in [6.07, 6.45) is 0.770. The van der Waals surface area contributed by atoms with Gasteiger partial charge in [-0.1, -0.05) is 6.42 Å². The van der Waals surface area contributed by atoms with Crippen molar-refractivity contribution < 1.29 is 38.8 Å². The SMILES string of the molecule is CCOc1c(OC)cc(C(=O)NC(CCCCC(=O)O)C(=O)O)cc1OC. The number of hydrogen-bond acceptors (Lipinski definition) is 6. The van der Waals surface area contributed by atoms with E-state index in [0.717, 1.165) is 0 Å². The van der Waals surface area contributed by atoms with E-state index in [0.29, 0.717) is 25.2 Å². The number of hydrogen-bond donors (Lipinski definition) is 3. The molecule has 27 heavy (non-hydrogen) atoms. The van der Waals surface area contributed by atoms with Gasteiger partial charge >= 0.3 is 11.9 Å². The molecule has 0 fully saturated rings. The minimum Gasteiger partial charge on any atom is -0.493 e. The fourth-order valence-corrected chi connectivity index (χ4v) is 2.42. The van der Waals surface area contributed by atoms with E-state index in [2.05, 4.69) is 5.32 Å². The average Bonchev–Trinajstić information content (AvgIpc) is 2.63. The Morgan fingerprint density at radius 3 is 2.11 bits per heavy atom. The summed E-state index contributed by atoms with van der Waals surface area (Å²) in [6.45, 7) is 2.16. The zero-order valence-corrected chi connectivity index (χ0v) is 15.6. The molecule has 1 unspecified atom stereocenters. The summed E-state index contributed by atoms with van der Waals surface area (Å²) in [5, 5.41) is 20.4. The summed E-state index contributed by atoms with van der Waals surface area (Å²) in [5.41, 5.74) is 0.156. The maximum absolute atomic E-state index is 12.5. The lowest BCUT2D eigenvalue weighted by molar-refractivity contribution is -0.139. The van der Waals surface area contributed by atoms with Crippen molar-refractivity contribution in [3.05, 3.63) is 17.7 Å². The summed E-state index contributed by atoms with van der Waals surface area (Å²) < 4.78 is 15.9. The van der Waals surface area contributed by atoms with E-state index in [1.165, 1.54) is 26.4 Å². The van der Waals surface area contributed by atoms with Gasteiger partial charge < -0.3 is 29.7 Å². The number of rotatable bonds is 12. The van der Waals surface area contributed by atoms with E-state index in [9.17, 15) is 19.5 Å². The van der Waals surface area contributed by atoms with Crippen LogP contribution in [-0.4, -0.2) is 54.9 Å². The van der Waals surface area contributed by atoms with E-state index >= 15 is 0 Å². The standard InChI is InChI=1S/C18H25NO8/c1-4-27-16-13(25-2)9-11(10-14(16)26-3)17(22)19-12(18(23)24)7-5-6-8-15(20)21/h9-10,12H,4-8H2,1-3H3,(H,19,22)(H,20,21)(H,23,24). The van der Waals surface area contributed by atoms with Gasteiger partial charge in [-0.25, -0.2) is 4.79 Å². The molecule has 0 saturated heterocycles. The van der Waals surface area contributed by atoms with Crippen LogP contribution in [0.5, 0.6) is 17.2 Å². The van der Waals surface area contributed by atoms with Crippen LogP contribution in [0.25, 0.3) is 0 Å². The zero-order chi connectivity index (χ0) is 20.4. The molecule has 1 amide bonds. The maximum Gasteiger partial charge on any atom is 0.326 e. The Balaban J connectivity index is 2.92. The number of carboxylic acid groups (broad SMARTS) is 2. The lowest BCUT2D eigenvalue weighted by Crippen LogP contribution is -2.40. The van der Waals surface area contributed by atoms with Crippen molar-refractivity contribution in [2.45, 2.75) is 38.6 Å². The van der Waals surface area contributed by atoms with Crippen LogP contribution >= 0.6 is 0 Å². The molecule has 1 atom stereocenters. The quantitative estimate of drug-likeness (QED) is 0.467. The van der Waals surface area contributed by atoms with Gasteiger partial charge in [0.2, 0.25) is 5.75 Å². The lowest BCUT2D eigenvalue weighted by atomic mass is 10.1. The molecule has 150 valence electrons. The second kappa shape index (κ2) is 10.9. The van der Waals surface area contributed by atoms with Crippen molar-refractivity contribution in [2.75, 3.05) is 20.8 Å². The number of amides is 1. The minimum atomic E-state index is -1.19. The van der Waals surface area contributed by atoms with Gasteiger partial charge in [-0.2, -0.15) is 0 Å². The van der Waals surface area contributed by atoms with Gasteiger partial charge in [0.05, 0.1) is 20.8 Å². The van der Waals surface area contributed by atoms with Gasteiger partial charge in [-0.3, -0.25) is 9.59 Å². The van der Waals surface area contributed by atoms with E-state index in [1.54, 1.807) is 6.92 Å². The van der Waals surface area contributed by atoms with Crippen molar-refractivity contribution in [1.82, 2.24) is 5.32 Å². The van der Waals surface area contributed by atoms with Gasteiger partial charge in [0.1, 0.15) is 6.04 Å². The number of nitrogens with one attached hydrogen (secondary N) is 1. The molecule has 0 aliphatic carbocycles. The molecular weight excluding hydrogens is 358 g/mol. The molecule has 1 rings (SSSR count). The fourth-order valence-electron chi connectivity index (χ4n) is 2.42. The first-order valence-electron chi connectivity index (χ1n) is 8.48. The number of methoxy groups -OCH3 is 2. The highest BCUT2D eigenvalue weighted by molar-refractivity contribution is 5.97. The van der Waals surface area contributed by atoms with Crippen molar-refractivity contribution >= 4 is 17.8 Å². The molecule has 0 aliphatic heterocycles. The highest BCUT2D eigenvalue weighted by Crippen LogP contribution is 2.38. The number of carboxylic acids is 2. The van der Waals surface area contributed by atoms with Gasteiger partial charge in [-0.15, -0.1) is 0 Å². The molecule has 0 aliphatic rings. The number of aliphatic carboxylic acids is 2. The van der Waals surface area contributed by atoms with Crippen molar-refractivity contribution in [1.29, 1.82) is 0 Å². The Hall–Kier alpha value is -2.97. The molecule has 9 heteroatoms. The Morgan fingerprint density at radius 1 is 1.07 bits per heavy atom. The number of unbranched alkanes of at least 4 members (excludes halogenated alkanes) is 1. The maximum atomic E-state index is 12.5. The Labute approximate surface area is 157 Å². The second-order valence-electron chi connectivity index (χ2n) is 5.65. The number of benzene rings is 1. The van der Waals surface area contributed by atoms with E-state index in [-0.39, 0.29) is 29.9 Å².